The molecule has 11 aromatic rings. The number of rotatable bonds is 11. The Kier molecular flexibility index (Phi) is 11.5. The van der Waals surface area contributed by atoms with E-state index in [9.17, 15) is 4.11 Å². The van der Waals surface area contributed by atoms with Gasteiger partial charge in [-0.3, -0.25) is 4.57 Å². The van der Waals surface area contributed by atoms with Crippen molar-refractivity contribution in [1.29, 1.82) is 0 Å². The number of ether oxygens (including phenoxy) is 1. The van der Waals surface area contributed by atoms with Gasteiger partial charge in [0.1, 0.15) is 5.82 Å². The molecule has 0 saturated heterocycles. The van der Waals surface area contributed by atoms with Crippen LogP contribution in [-0.4, -0.2) is 14.1 Å². The van der Waals surface area contributed by atoms with Crippen LogP contribution in [0.25, 0.3) is 83.4 Å². The summed E-state index contributed by atoms with van der Waals surface area (Å²) in [4.78, 5) is 4.91. The van der Waals surface area contributed by atoms with E-state index in [0.717, 1.165) is 71.8 Å². The molecule has 6 heteroatoms. The third-order valence-corrected chi connectivity index (χ3v) is 13.8. The maximum absolute atomic E-state index is 9.33. The Morgan fingerprint density at radius 2 is 1.30 bits per heavy atom. The maximum Gasteiger partial charge on any atom is 0.268 e. The van der Waals surface area contributed by atoms with Gasteiger partial charge in [-0.05, 0) is 109 Å². The largest absolute Gasteiger partial charge is 0.510 e. The third kappa shape index (κ3) is 9.48. The van der Waals surface area contributed by atoms with Crippen molar-refractivity contribution in [2.45, 2.75) is 85.0 Å². The molecule has 0 aliphatic carbocycles. The van der Waals surface area contributed by atoms with E-state index >= 15 is 0 Å². The van der Waals surface area contributed by atoms with Crippen LogP contribution in [0.15, 0.2) is 188 Å². The quantitative estimate of drug-likeness (QED) is 0.0956. The second-order valence-electron chi connectivity index (χ2n) is 20.5. The Labute approximate surface area is 453 Å². The molecule has 73 heavy (non-hydrogen) atoms. The molecule has 0 aliphatic heterocycles. The standard InChI is InChI=1S/C67H60N4O.Pt/c1-9-45(10-2)49-35-36-68-64(40-49)71-60-34-31-48(46-21-13-11-14-22-46)39-59(60)58-33-32-55(43-63(58)71)72-54-26-19-25-53(42-54)69-44-70(62-30-18-17-29-61(62)69)65-56(47-23-15-12-16-24-47)27-20-28-57(65)50-37-51(66(3,4)5)41-52(38-50)67(6,7)8;/h11-41,45H,9-10H2,1-8H3;/q-2;/i12D,15D,16D,23D,24D,45D;. The van der Waals surface area contributed by atoms with Gasteiger partial charge < -0.3 is 13.9 Å². The molecule has 8 aromatic carbocycles. The fraction of sp³-hybridized carbons (Fsp3) is 0.194. The number of imidazole rings is 1. The molecule has 11 rings (SSSR count). The molecule has 0 radical (unpaired) electrons. The molecule has 0 fully saturated rings. The number of pyridine rings is 1. The fourth-order valence-electron chi connectivity index (χ4n) is 9.85. The van der Waals surface area contributed by atoms with Crippen LogP contribution in [0, 0.1) is 18.5 Å². The molecule has 0 bridgehead atoms. The zero-order valence-corrected chi connectivity index (χ0v) is 44.7. The SMILES string of the molecule is [2H]c1c([2H])c([2H])c(-c2cccc(-c3cc(C(C)(C)C)cc(C(C)(C)C)c3)c2-[n+]2[c-]n(-c3[c-]c(Oc4[c-]c5c(cc4)c4cc(-c6ccccc6)ccc4n5-c4cc(C([2H])(CC)CC)ccn4)ccc3)c3ccccc32)c([2H])c1[2H].[Pt]. The molecular weight excluding hydrogens is 1070 g/mol. The molecule has 0 N–H and O–H groups in total. The molecule has 0 spiro atoms. The van der Waals surface area contributed by atoms with Gasteiger partial charge in [0.2, 0.25) is 0 Å². The first kappa shape index (κ1) is 42.2. The van der Waals surface area contributed by atoms with Crippen molar-refractivity contribution in [3.05, 3.63) is 223 Å². The van der Waals surface area contributed by atoms with Crippen LogP contribution in [0.2, 0.25) is 0 Å². The van der Waals surface area contributed by atoms with Gasteiger partial charge in [0.15, 0.2) is 0 Å². The van der Waals surface area contributed by atoms with Crippen LogP contribution >= 0.6 is 0 Å². The number of hydrogen-bond acceptors (Lipinski definition) is 2. The first-order valence-electron chi connectivity index (χ1n) is 27.8. The van der Waals surface area contributed by atoms with Crippen molar-refractivity contribution in [2.75, 3.05) is 0 Å². The number of hydrogen-bond donors (Lipinski definition) is 0. The van der Waals surface area contributed by atoms with E-state index in [1.807, 2.05) is 106 Å². The van der Waals surface area contributed by atoms with Crippen molar-refractivity contribution in [3.63, 3.8) is 0 Å². The number of para-hydroxylation sites is 3. The van der Waals surface area contributed by atoms with E-state index in [1.54, 1.807) is 6.20 Å². The van der Waals surface area contributed by atoms with Gasteiger partial charge in [0.25, 0.3) is 6.33 Å². The Morgan fingerprint density at radius 1 is 0.616 bits per heavy atom. The van der Waals surface area contributed by atoms with E-state index in [4.69, 9.17) is 13.8 Å². The van der Waals surface area contributed by atoms with Crippen molar-refractivity contribution in [1.82, 2.24) is 14.1 Å². The zero-order valence-electron chi connectivity index (χ0n) is 48.4. The van der Waals surface area contributed by atoms with Gasteiger partial charge in [-0.1, -0.05) is 194 Å². The predicted molar refractivity (Wildman–Crippen MR) is 297 cm³/mol. The number of aromatic nitrogens is 4. The molecule has 0 aliphatic rings. The molecule has 0 saturated carbocycles. The normalized spacial score (nSPS) is 13.3. The third-order valence-electron chi connectivity index (χ3n) is 13.8. The molecule has 3 aromatic heterocycles. The Morgan fingerprint density at radius 3 is 2.03 bits per heavy atom. The van der Waals surface area contributed by atoms with Crippen LogP contribution < -0.4 is 9.30 Å². The summed E-state index contributed by atoms with van der Waals surface area (Å²) in [7, 11) is 0. The second-order valence-corrected chi connectivity index (χ2v) is 20.5. The first-order chi connectivity index (χ1) is 37.3. The number of fused-ring (bicyclic) bond motifs is 4. The Bertz CT molecular complexity index is 4090. The summed E-state index contributed by atoms with van der Waals surface area (Å²) in [5, 5.41) is 2.01. The molecular formula is C67H60N4OPt-2. The average Bonchev–Trinajstić information content (AvgIpc) is 4.11. The Balaban J connectivity index is 0.00000704. The monoisotopic (exact) mass is 1140 g/mol. The van der Waals surface area contributed by atoms with Crippen molar-refractivity contribution >= 4 is 32.8 Å². The average molecular weight is 1140 g/mol. The van der Waals surface area contributed by atoms with Crippen molar-refractivity contribution < 1.29 is 38.6 Å². The number of nitrogens with zero attached hydrogens (tertiary/aromatic N) is 4. The minimum absolute atomic E-state index is 0. The summed E-state index contributed by atoms with van der Waals surface area (Å²) < 4.78 is 66.5. The second kappa shape index (κ2) is 19.9. The van der Waals surface area contributed by atoms with Crippen LogP contribution in [0.1, 0.15) is 99.0 Å². The molecule has 0 amide bonds. The van der Waals surface area contributed by atoms with Gasteiger partial charge in [0, 0.05) is 45.6 Å². The first-order valence-corrected chi connectivity index (χ1v) is 24.8. The molecule has 366 valence electrons. The van der Waals surface area contributed by atoms with Gasteiger partial charge in [-0.25, -0.2) is 4.98 Å². The van der Waals surface area contributed by atoms with Gasteiger partial charge in [-0.15, -0.1) is 29.7 Å². The van der Waals surface area contributed by atoms with Crippen LogP contribution in [0.4, 0.5) is 0 Å². The van der Waals surface area contributed by atoms with Crippen LogP contribution in [0.5, 0.6) is 11.5 Å². The van der Waals surface area contributed by atoms with Gasteiger partial charge in [-0.2, -0.15) is 18.2 Å². The topological polar surface area (TPSA) is 35.9 Å². The minimum Gasteiger partial charge on any atom is -0.510 e. The minimum atomic E-state index is -0.762. The molecule has 3 heterocycles. The summed E-state index contributed by atoms with van der Waals surface area (Å²) in [6, 6.07) is 56.2. The van der Waals surface area contributed by atoms with Gasteiger partial charge >= 0.3 is 0 Å². The summed E-state index contributed by atoms with van der Waals surface area (Å²) in [6.45, 7) is 17.3. The van der Waals surface area contributed by atoms with E-state index in [2.05, 4.69) is 133 Å². The summed E-state index contributed by atoms with van der Waals surface area (Å²) >= 11 is 0. The van der Waals surface area contributed by atoms with Crippen molar-refractivity contribution in [3.8, 4) is 62.1 Å². The number of benzene rings is 8. The molecule has 0 atom stereocenters. The maximum atomic E-state index is 9.33. The van der Waals surface area contributed by atoms with Crippen molar-refractivity contribution in [2.24, 2.45) is 0 Å². The van der Waals surface area contributed by atoms with E-state index < -0.39 is 24.0 Å². The predicted octanol–water partition coefficient (Wildman–Crippen LogP) is 17.1. The van der Waals surface area contributed by atoms with Gasteiger partial charge in [0.05, 0.1) is 23.6 Å². The zero-order chi connectivity index (χ0) is 55.0. The fourth-order valence-corrected chi connectivity index (χ4v) is 9.85. The van der Waals surface area contributed by atoms with Crippen LogP contribution in [0.3, 0.4) is 0 Å². The smallest absolute Gasteiger partial charge is 0.268 e. The Hall–Kier alpha value is -7.33. The van der Waals surface area contributed by atoms with E-state index in [1.165, 1.54) is 0 Å². The summed E-state index contributed by atoms with van der Waals surface area (Å²) in [5.74, 6) is 0.837. The molecule has 0 unspecified atom stereocenters. The summed E-state index contributed by atoms with van der Waals surface area (Å²) in [5.41, 5.74) is 11.8. The van der Waals surface area contributed by atoms with E-state index in [-0.39, 0.29) is 49.5 Å². The van der Waals surface area contributed by atoms with E-state index in [0.29, 0.717) is 47.1 Å². The van der Waals surface area contributed by atoms with Crippen LogP contribution in [-0.2, 0) is 31.9 Å². The molecule has 5 nitrogen and oxygen atoms in total. The summed E-state index contributed by atoms with van der Waals surface area (Å²) in [6.07, 6.45) is 6.79.